The van der Waals surface area contributed by atoms with Crippen LogP contribution in [0.3, 0.4) is 0 Å². The van der Waals surface area contributed by atoms with Crippen molar-refractivity contribution in [3.8, 4) is 5.75 Å². The molecule has 0 saturated heterocycles. The van der Waals surface area contributed by atoms with E-state index in [9.17, 15) is 4.79 Å². The molecule has 0 aliphatic rings. The van der Waals surface area contributed by atoms with E-state index < -0.39 is 0 Å². The summed E-state index contributed by atoms with van der Waals surface area (Å²) in [5.74, 6) is 0.911. The Labute approximate surface area is 125 Å². The highest BCUT2D eigenvalue weighted by Crippen LogP contribution is 2.25. The second kappa shape index (κ2) is 7.64. The summed E-state index contributed by atoms with van der Waals surface area (Å²) in [6, 6.07) is 14.0. The molecular weight excluding hydrogens is 264 g/mol. The molecule has 112 valence electrons. The topological polar surface area (TPSA) is 55.6 Å². The molecule has 0 atom stereocenters. The maximum Gasteiger partial charge on any atom is 0.225 e. The average molecular weight is 286 g/mol. The molecule has 2 N–H and O–H groups in total. The van der Waals surface area contributed by atoms with Crippen LogP contribution in [-0.2, 0) is 4.79 Å². The summed E-state index contributed by atoms with van der Waals surface area (Å²) in [4.78, 5) is 13.6. The third kappa shape index (κ3) is 4.20. The molecule has 0 spiro atoms. The van der Waals surface area contributed by atoms with Gasteiger partial charge in [0.25, 0.3) is 0 Å². The van der Waals surface area contributed by atoms with Crippen molar-refractivity contribution >= 4 is 16.7 Å². The zero-order valence-corrected chi connectivity index (χ0v) is 12.4. The van der Waals surface area contributed by atoms with E-state index >= 15 is 0 Å². The number of hydrogen-bond donors (Lipinski definition) is 1. The number of carbonyl (C=O) groups excluding carboxylic acids is 1. The zero-order chi connectivity index (χ0) is 15.1. The first-order chi connectivity index (χ1) is 10.2. The summed E-state index contributed by atoms with van der Waals surface area (Å²) >= 11 is 0. The smallest absolute Gasteiger partial charge is 0.225 e. The Morgan fingerprint density at radius 1 is 1.19 bits per heavy atom. The van der Waals surface area contributed by atoms with Crippen LogP contribution in [-0.4, -0.2) is 37.6 Å². The number of nitrogens with two attached hydrogens (primary N) is 1. The minimum absolute atomic E-state index is 0.0867. The summed E-state index contributed by atoms with van der Waals surface area (Å²) in [5, 5.41) is 2.21. The highest BCUT2D eigenvalue weighted by atomic mass is 16.5. The fourth-order valence-corrected chi connectivity index (χ4v) is 2.21. The third-order valence-electron chi connectivity index (χ3n) is 3.45. The average Bonchev–Trinajstić information content (AvgIpc) is 2.52. The quantitative estimate of drug-likeness (QED) is 0.850. The summed E-state index contributed by atoms with van der Waals surface area (Å²) < 4.78 is 5.77. The van der Waals surface area contributed by atoms with E-state index in [4.69, 9.17) is 10.5 Å². The summed E-state index contributed by atoms with van der Waals surface area (Å²) in [7, 11) is 1.80. The second-order valence-electron chi connectivity index (χ2n) is 5.03. The first-order valence-corrected chi connectivity index (χ1v) is 7.27. The first-order valence-electron chi connectivity index (χ1n) is 7.27. The monoisotopic (exact) mass is 286 g/mol. The molecule has 0 aromatic heterocycles. The molecule has 4 heteroatoms. The Morgan fingerprint density at radius 2 is 1.95 bits per heavy atom. The molecule has 0 aliphatic carbocycles. The van der Waals surface area contributed by atoms with Gasteiger partial charge in [0.2, 0.25) is 5.91 Å². The molecule has 0 unspecified atom stereocenters. The Kier molecular flexibility index (Phi) is 5.58. The highest BCUT2D eigenvalue weighted by molar-refractivity contribution is 5.88. The van der Waals surface area contributed by atoms with Crippen LogP contribution < -0.4 is 10.5 Å². The number of carbonyl (C=O) groups is 1. The van der Waals surface area contributed by atoms with Gasteiger partial charge in [0.1, 0.15) is 5.75 Å². The molecule has 1 amide bonds. The second-order valence-corrected chi connectivity index (χ2v) is 5.03. The van der Waals surface area contributed by atoms with Gasteiger partial charge in [-0.25, -0.2) is 0 Å². The molecule has 4 nitrogen and oxygen atoms in total. The predicted molar refractivity (Wildman–Crippen MR) is 85.4 cm³/mol. The van der Waals surface area contributed by atoms with Crippen LogP contribution >= 0.6 is 0 Å². The Hall–Kier alpha value is -2.07. The molecule has 0 bridgehead atoms. The fraction of sp³-hybridized carbons (Fsp3) is 0.353. The largest absolute Gasteiger partial charge is 0.492 e. The van der Waals surface area contributed by atoms with E-state index in [1.807, 2.05) is 42.5 Å². The van der Waals surface area contributed by atoms with Crippen LogP contribution in [0.1, 0.15) is 12.8 Å². The van der Waals surface area contributed by atoms with Crippen molar-refractivity contribution in [1.29, 1.82) is 0 Å². The van der Waals surface area contributed by atoms with Gasteiger partial charge in [-0.1, -0.05) is 36.4 Å². The predicted octanol–water partition coefficient (Wildman–Crippen LogP) is 2.42. The van der Waals surface area contributed by atoms with Gasteiger partial charge in [0, 0.05) is 19.0 Å². The van der Waals surface area contributed by atoms with Crippen LogP contribution in [0, 0.1) is 0 Å². The van der Waals surface area contributed by atoms with Gasteiger partial charge in [-0.05, 0) is 24.4 Å². The minimum Gasteiger partial charge on any atom is -0.492 e. The van der Waals surface area contributed by atoms with Gasteiger partial charge in [-0.15, -0.1) is 0 Å². The number of benzene rings is 2. The zero-order valence-electron chi connectivity index (χ0n) is 12.4. The molecule has 0 saturated carbocycles. The van der Waals surface area contributed by atoms with Gasteiger partial charge in [-0.2, -0.15) is 0 Å². The lowest BCUT2D eigenvalue weighted by molar-refractivity contribution is -0.130. The fourth-order valence-electron chi connectivity index (χ4n) is 2.21. The lowest BCUT2D eigenvalue weighted by Gasteiger charge is -2.17. The van der Waals surface area contributed by atoms with E-state index in [-0.39, 0.29) is 5.91 Å². The van der Waals surface area contributed by atoms with Crippen LogP contribution in [0.4, 0.5) is 0 Å². The highest BCUT2D eigenvalue weighted by Gasteiger charge is 2.08. The number of ether oxygens (including phenoxy) is 1. The maximum atomic E-state index is 11.9. The number of fused-ring (bicyclic) bond motifs is 1. The molecule has 0 fully saturated rings. The molecule has 0 aliphatic heterocycles. The van der Waals surface area contributed by atoms with E-state index in [0.29, 0.717) is 26.1 Å². The van der Waals surface area contributed by atoms with E-state index in [1.165, 1.54) is 0 Å². The van der Waals surface area contributed by atoms with E-state index in [0.717, 1.165) is 22.9 Å². The van der Waals surface area contributed by atoms with Crippen molar-refractivity contribution in [3.63, 3.8) is 0 Å². The molecule has 21 heavy (non-hydrogen) atoms. The normalized spacial score (nSPS) is 10.6. The molecule has 2 rings (SSSR count). The van der Waals surface area contributed by atoms with Gasteiger partial charge in [0.05, 0.1) is 13.0 Å². The lowest BCUT2D eigenvalue weighted by atomic mass is 10.1. The van der Waals surface area contributed by atoms with Gasteiger partial charge >= 0.3 is 0 Å². The Bertz CT molecular complexity index is 593. The molecule has 0 heterocycles. The van der Waals surface area contributed by atoms with Crippen LogP contribution in [0.2, 0.25) is 0 Å². The van der Waals surface area contributed by atoms with Crippen molar-refractivity contribution in [1.82, 2.24) is 4.90 Å². The van der Waals surface area contributed by atoms with Crippen molar-refractivity contribution < 1.29 is 9.53 Å². The first kappa shape index (κ1) is 15.3. The van der Waals surface area contributed by atoms with Crippen LogP contribution in [0.15, 0.2) is 42.5 Å². The number of rotatable bonds is 7. The van der Waals surface area contributed by atoms with Gasteiger partial charge < -0.3 is 15.4 Å². The van der Waals surface area contributed by atoms with Crippen molar-refractivity contribution in [2.75, 3.05) is 26.7 Å². The van der Waals surface area contributed by atoms with Gasteiger partial charge in [-0.3, -0.25) is 4.79 Å². The van der Waals surface area contributed by atoms with E-state index in [2.05, 4.69) is 0 Å². The number of amides is 1. The maximum absolute atomic E-state index is 11.9. The summed E-state index contributed by atoms with van der Waals surface area (Å²) in [5.41, 5.74) is 5.44. The molecular formula is C17H22N2O2. The Balaban J connectivity index is 1.89. The summed E-state index contributed by atoms with van der Waals surface area (Å²) in [6.45, 7) is 1.69. The standard InChI is InChI=1S/C17H22N2O2/c1-19(12-5-11-18)17(20)10-13-21-16-9-4-7-14-6-2-3-8-15(14)16/h2-4,6-9H,5,10-13,18H2,1H3. The van der Waals surface area contributed by atoms with Crippen molar-refractivity contribution in [3.05, 3.63) is 42.5 Å². The van der Waals surface area contributed by atoms with Gasteiger partial charge in [0.15, 0.2) is 0 Å². The molecule has 2 aromatic carbocycles. The van der Waals surface area contributed by atoms with Crippen molar-refractivity contribution in [2.45, 2.75) is 12.8 Å². The summed E-state index contributed by atoms with van der Waals surface area (Å²) in [6.07, 6.45) is 1.21. The Morgan fingerprint density at radius 3 is 2.76 bits per heavy atom. The molecule has 2 aromatic rings. The van der Waals surface area contributed by atoms with Crippen LogP contribution in [0.5, 0.6) is 5.75 Å². The SMILES string of the molecule is CN(CCCN)C(=O)CCOc1cccc2ccccc12. The minimum atomic E-state index is 0.0867. The number of nitrogens with zero attached hydrogens (tertiary/aromatic N) is 1. The lowest BCUT2D eigenvalue weighted by Crippen LogP contribution is -2.30. The molecule has 0 radical (unpaired) electrons. The van der Waals surface area contributed by atoms with Crippen molar-refractivity contribution in [2.24, 2.45) is 5.73 Å². The van der Waals surface area contributed by atoms with Crippen LogP contribution in [0.25, 0.3) is 10.8 Å². The van der Waals surface area contributed by atoms with E-state index in [1.54, 1.807) is 11.9 Å². The number of hydrogen-bond acceptors (Lipinski definition) is 3. The third-order valence-corrected chi connectivity index (χ3v) is 3.45.